The zero-order valence-electron chi connectivity index (χ0n) is 15.7. The summed E-state index contributed by atoms with van der Waals surface area (Å²) in [6.07, 6.45) is -2.89. The van der Waals surface area contributed by atoms with Gasteiger partial charge >= 0.3 is 6.18 Å². The number of aryl methyl sites for hydroxylation is 1. The van der Waals surface area contributed by atoms with Crippen molar-refractivity contribution in [1.29, 1.82) is 0 Å². The summed E-state index contributed by atoms with van der Waals surface area (Å²) in [5.41, 5.74) is -1.17. The molecular formula is C17H18F4N8O. The number of carbonyl (C=O) groups is 1. The van der Waals surface area contributed by atoms with Crippen LogP contribution in [0.3, 0.4) is 0 Å². The Labute approximate surface area is 167 Å². The quantitative estimate of drug-likeness (QED) is 0.551. The van der Waals surface area contributed by atoms with Crippen LogP contribution in [0.1, 0.15) is 22.6 Å². The smallest absolute Gasteiger partial charge is 0.349 e. The molecule has 1 saturated heterocycles. The highest BCUT2D eigenvalue weighted by Gasteiger charge is 2.37. The zero-order valence-corrected chi connectivity index (χ0v) is 15.7. The van der Waals surface area contributed by atoms with Crippen LogP contribution in [0.15, 0.2) is 24.5 Å². The van der Waals surface area contributed by atoms with Crippen LogP contribution in [0, 0.1) is 0 Å². The first-order chi connectivity index (χ1) is 14.2. The molecule has 9 nitrogen and oxygen atoms in total. The van der Waals surface area contributed by atoms with Gasteiger partial charge in [0.05, 0.1) is 17.4 Å². The van der Waals surface area contributed by atoms with Crippen molar-refractivity contribution in [2.45, 2.75) is 24.8 Å². The van der Waals surface area contributed by atoms with Gasteiger partial charge in [-0.05, 0) is 12.1 Å². The van der Waals surface area contributed by atoms with Crippen molar-refractivity contribution in [2.75, 3.05) is 23.7 Å². The number of hydrogen-bond acceptors (Lipinski definition) is 6. The summed E-state index contributed by atoms with van der Waals surface area (Å²) in [5, 5.41) is 15.8. The van der Waals surface area contributed by atoms with Crippen molar-refractivity contribution in [3.05, 3.63) is 35.9 Å². The number of fused-ring (bicyclic) bond motifs is 1. The molecule has 3 N–H and O–H groups in total. The van der Waals surface area contributed by atoms with E-state index in [4.69, 9.17) is 0 Å². The van der Waals surface area contributed by atoms with Crippen LogP contribution in [0.25, 0.3) is 5.52 Å². The molecule has 0 bridgehead atoms. The molecule has 0 unspecified atom stereocenters. The van der Waals surface area contributed by atoms with Gasteiger partial charge in [-0.15, -0.1) is 5.10 Å². The van der Waals surface area contributed by atoms with E-state index in [0.717, 1.165) is 10.9 Å². The maximum Gasteiger partial charge on any atom is 0.437 e. The lowest BCUT2D eigenvalue weighted by atomic mass is 10.1. The molecule has 30 heavy (non-hydrogen) atoms. The minimum atomic E-state index is -4.72. The average molecular weight is 426 g/mol. The van der Waals surface area contributed by atoms with E-state index < -0.39 is 29.6 Å². The zero-order chi connectivity index (χ0) is 21.5. The van der Waals surface area contributed by atoms with Gasteiger partial charge < -0.3 is 16.0 Å². The van der Waals surface area contributed by atoms with Gasteiger partial charge in [0.15, 0.2) is 5.69 Å². The first-order valence-electron chi connectivity index (χ1n) is 9.09. The van der Waals surface area contributed by atoms with Gasteiger partial charge in [-0.1, -0.05) is 0 Å². The number of anilines is 2. The van der Waals surface area contributed by atoms with Gasteiger partial charge in [0.2, 0.25) is 5.95 Å². The molecule has 0 radical (unpaired) electrons. The van der Waals surface area contributed by atoms with E-state index in [1.807, 2.05) is 0 Å². The molecule has 0 aromatic carbocycles. The van der Waals surface area contributed by atoms with Gasteiger partial charge in [0, 0.05) is 38.8 Å². The van der Waals surface area contributed by atoms with Crippen LogP contribution in [0.2, 0.25) is 0 Å². The third-order valence-corrected chi connectivity index (χ3v) is 4.61. The fourth-order valence-corrected chi connectivity index (χ4v) is 3.30. The number of halogens is 4. The molecule has 0 spiro atoms. The molecule has 0 aliphatic carbocycles. The van der Waals surface area contributed by atoms with Gasteiger partial charge in [-0.3, -0.25) is 9.48 Å². The summed E-state index contributed by atoms with van der Waals surface area (Å²) in [5.74, 6) is -0.618. The average Bonchev–Trinajstić information content (AvgIpc) is 3.24. The Balaban J connectivity index is 1.58. The highest BCUT2D eigenvalue weighted by Crippen LogP contribution is 2.33. The maximum atomic E-state index is 13.5. The molecular weight excluding hydrogens is 408 g/mol. The van der Waals surface area contributed by atoms with Crippen molar-refractivity contribution in [3.63, 3.8) is 0 Å². The summed E-state index contributed by atoms with van der Waals surface area (Å²) in [6, 6.07) is 2.75. The fourth-order valence-electron chi connectivity index (χ4n) is 3.30. The van der Waals surface area contributed by atoms with Crippen LogP contribution in [0.5, 0.6) is 0 Å². The number of piperidine rings is 1. The molecule has 13 heteroatoms. The summed E-state index contributed by atoms with van der Waals surface area (Å²) in [6.45, 7) is 0.816. The van der Waals surface area contributed by atoms with E-state index in [9.17, 15) is 22.4 Å². The summed E-state index contributed by atoms with van der Waals surface area (Å²) >= 11 is 0. The Hall–Kier alpha value is -3.22. The van der Waals surface area contributed by atoms with Crippen molar-refractivity contribution >= 4 is 23.1 Å². The van der Waals surface area contributed by atoms with Crippen LogP contribution in [0.4, 0.5) is 29.2 Å². The minimum Gasteiger partial charge on any atom is -0.349 e. The second-order valence-corrected chi connectivity index (χ2v) is 6.99. The van der Waals surface area contributed by atoms with E-state index in [2.05, 4.69) is 31.1 Å². The van der Waals surface area contributed by atoms with E-state index >= 15 is 0 Å². The van der Waals surface area contributed by atoms with E-state index in [0.29, 0.717) is 12.1 Å². The Morgan fingerprint density at radius 3 is 2.80 bits per heavy atom. The highest BCUT2D eigenvalue weighted by atomic mass is 19.4. The summed E-state index contributed by atoms with van der Waals surface area (Å²) < 4.78 is 55.1. The Kier molecular flexibility index (Phi) is 5.05. The molecule has 0 saturated carbocycles. The predicted octanol–water partition coefficient (Wildman–Crippen LogP) is 1.85. The molecule has 2 atom stereocenters. The molecule has 3 aromatic rings. The lowest BCUT2D eigenvalue weighted by Crippen LogP contribution is -2.44. The number of amides is 1. The number of carbonyl (C=O) groups excluding carboxylic acids is 1. The minimum absolute atomic E-state index is 0.0116. The Bertz CT molecular complexity index is 1080. The lowest BCUT2D eigenvalue weighted by Gasteiger charge is -2.26. The first kappa shape index (κ1) is 20.1. The molecule has 1 aliphatic heterocycles. The van der Waals surface area contributed by atoms with Gasteiger partial charge in [0.1, 0.15) is 11.9 Å². The normalized spacial score (nSPS) is 19.8. The SMILES string of the molecule is Cn1cc(NC(=O)c2ccc3cnc(N[C@H]4CNC[C@H](F)C4)nn23)c(C(F)(F)F)n1. The van der Waals surface area contributed by atoms with Crippen molar-refractivity contribution < 1.29 is 22.4 Å². The Morgan fingerprint density at radius 1 is 1.27 bits per heavy atom. The van der Waals surface area contributed by atoms with E-state index in [1.165, 1.54) is 23.8 Å². The number of nitrogens with zero attached hydrogens (tertiary/aromatic N) is 5. The monoisotopic (exact) mass is 426 g/mol. The van der Waals surface area contributed by atoms with Crippen LogP contribution in [-0.2, 0) is 13.2 Å². The lowest BCUT2D eigenvalue weighted by molar-refractivity contribution is -0.140. The molecule has 1 amide bonds. The van der Waals surface area contributed by atoms with Gasteiger partial charge in [0.25, 0.3) is 5.91 Å². The second-order valence-electron chi connectivity index (χ2n) is 6.99. The number of aromatic nitrogens is 5. The van der Waals surface area contributed by atoms with Crippen molar-refractivity contribution in [1.82, 2.24) is 29.7 Å². The summed E-state index contributed by atoms with van der Waals surface area (Å²) in [4.78, 5) is 16.8. The number of rotatable bonds is 4. The van der Waals surface area contributed by atoms with Crippen LogP contribution < -0.4 is 16.0 Å². The molecule has 4 rings (SSSR count). The third kappa shape index (κ3) is 4.06. The predicted molar refractivity (Wildman–Crippen MR) is 98.9 cm³/mol. The topological polar surface area (TPSA) is 101 Å². The summed E-state index contributed by atoms with van der Waals surface area (Å²) in [7, 11) is 1.32. The molecule has 4 heterocycles. The fraction of sp³-hybridized carbons (Fsp3) is 0.412. The molecule has 1 aliphatic rings. The Morgan fingerprint density at radius 2 is 2.07 bits per heavy atom. The van der Waals surface area contributed by atoms with E-state index in [1.54, 1.807) is 6.07 Å². The number of nitrogens with one attached hydrogen (secondary N) is 3. The number of alkyl halides is 4. The molecule has 3 aromatic heterocycles. The molecule has 1 fully saturated rings. The molecule has 160 valence electrons. The third-order valence-electron chi connectivity index (χ3n) is 4.61. The van der Waals surface area contributed by atoms with Crippen LogP contribution >= 0.6 is 0 Å². The second kappa shape index (κ2) is 7.55. The van der Waals surface area contributed by atoms with Crippen molar-refractivity contribution in [3.8, 4) is 0 Å². The largest absolute Gasteiger partial charge is 0.437 e. The first-order valence-corrected chi connectivity index (χ1v) is 9.09. The van der Waals surface area contributed by atoms with Gasteiger partial charge in [-0.2, -0.15) is 18.3 Å². The van der Waals surface area contributed by atoms with Gasteiger partial charge in [-0.25, -0.2) is 13.9 Å². The van der Waals surface area contributed by atoms with E-state index in [-0.39, 0.29) is 30.6 Å². The van der Waals surface area contributed by atoms with Crippen molar-refractivity contribution in [2.24, 2.45) is 7.05 Å². The standard InChI is InChI=1S/C17H18F4N8O/c1-28-8-12(14(26-28)17(19,20)21)25-15(30)13-3-2-11-7-23-16(27-29(11)13)24-10-4-9(18)5-22-6-10/h2-3,7-10,22H,4-6H2,1H3,(H,24,27)(H,25,30)/t9-,10-/m1/s1. The number of hydrogen-bond donors (Lipinski definition) is 3. The highest BCUT2D eigenvalue weighted by molar-refractivity contribution is 6.04. The van der Waals surface area contributed by atoms with Crippen LogP contribution in [-0.4, -0.2) is 55.6 Å². The maximum absolute atomic E-state index is 13.5.